The Morgan fingerprint density at radius 1 is 1.12 bits per heavy atom. The van der Waals surface area contributed by atoms with Gasteiger partial charge in [0.15, 0.2) is 0 Å². The third kappa shape index (κ3) is 5.28. The number of nitrogens with one attached hydrogen (secondary N) is 4. The van der Waals surface area contributed by atoms with Gasteiger partial charge in [-0.25, -0.2) is 4.99 Å². The summed E-state index contributed by atoms with van der Waals surface area (Å²) in [6.07, 6.45) is 0.860. The molecule has 2 heterocycles. The molecule has 0 saturated heterocycles. The summed E-state index contributed by atoms with van der Waals surface area (Å²) in [5, 5.41) is 9.04. The fourth-order valence-corrected chi connectivity index (χ4v) is 3.63. The third-order valence-corrected chi connectivity index (χ3v) is 5.54. The number of hydrogen-bond acceptors (Lipinski definition) is 6. The lowest BCUT2D eigenvalue weighted by Crippen LogP contribution is -2.30. The van der Waals surface area contributed by atoms with E-state index in [9.17, 15) is 14.4 Å². The fourth-order valence-electron chi connectivity index (χ4n) is 3.25. The first kappa shape index (κ1) is 23.5. The van der Waals surface area contributed by atoms with Gasteiger partial charge in [0.05, 0.1) is 10.7 Å². The Labute approximate surface area is 204 Å². The van der Waals surface area contributed by atoms with Crippen LogP contribution in [0.5, 0.6) is 0 Å². The zero-order chi connectivity index (χ0) is 24.2. The number of aromatic amines is 1. The van der Waals surface area contributed by atoms with Gasteiger partial charge in [-0.1, -0.05) is 35.3 Å². The molecule has 0 spiro atoms. The van der Waals surface area contributed by atoms with E-state index in [1.54, 1.807) is 18.2 Å². The van der Waals surface area contributed by atoms with Gasteiger partial charge >= 0.3 is 0 Å². The molecule has 3 aromatic rings. The van der Waals surface area contributed by atoms with Gasteiger partial charge in [-0.2, -0.15) is 0 Å². The van der Waals surface area contributed by atoms with Crippen molar-refractivity contribution in [2.45, 2.75) is 12.9 Å². The maximum Gasteiger partial charge on any atom is 0.262 e. The van der Waals surface area contributed by atoms with Crippen LogP contribution in [-0.4, -0.2) is 36.5 Å². The number of anilines is 2. The summed E-state index contributed by atoms with van der Waals surface area (Å²) in [5.41, 5.74) is 1.06. The average Bonchev–Trinajstić information content (AvgIpc) is 2.83. The smallest absolute Gasteiger partial charge is 0.262 e. The highest BCUT2D eigenvalue weighted by molar-refractivity contribution is 6.34. The Morgan fingerprint density at radius 3 is 2.71 bits per heavy atom. The predicted octanol–water partition coefficient (Wildman–Crippen LogP) is 3.64. The van der Waals surface area contributed by atoms with Crippen LogP contribution in [0.15, 0.2) is 58.3 Å². The maximum absolute atomic E-state index is 12.8. The summed E-state index contributed by atoms with van der Waals surface area (Å²) in [4.78, 5) is 44.6. The molecular weight excluding hydrogens is 481 g/mol. The molecule has 0 saturated carbocycles. The minimum atomic E-state index is -0.690. The second-order valence-electron chi connectivity index (χ2n) is 7.31. The van der Waals surface area contributed by atoms with Crippen LogP contribution in [0.2, 0.25) is 10.0 Å². The SMILES string of the molecule is COC1N=Cc2cc(C(=O)Nc3cc(C(=O)NCc4cccc(Cl)c4)ccc3Cl)c(=O)[nH]c2N1. The van der Waals surface area contributed by atoms with Gasteiger partial charge < -0.3 is 25.7 Å². The number of amides is 2. The van der Waals surface area contributed by atoms with Crippen molar-refractivity contribution < 1.29 is 14.3 Å². The second kappa shape index (κ2) is 10.1. The highest BCUT2D eigenvalue weighted by Crippen LogP contribution is 2.24. The van der Waals surface area contributed by atoms with E-state index in [1.807, 2.05) is 6.07 Å². The van der Waals surface area contributed by atoms with Crippen molar-refractivity contribution in [1.82, 2.24) is 10.3 Å². The van der Waals surface area contributed by atoms with E-state index in [2.05, 4.69) is 25.9 Å². The summed E-state index contributed by atoms with van der Waals surface area (Å²) in [6.45, 7) is 0.272. The predicted molar refractivity (Wildman–Crippen MR) is 131 cm³/mol. The van der Waals surface area contributed by atoms with Crippen LogP contribution >= 0.6 is 23.2 Å². The number of benzene rings is 2. The number of ether oxygens (including phenoxy) is 1. The Balaban J connectivity index is 1.50. The van der Waals surface area contributed by atoms with E-state index in [1.165, 1.54) is 37.6 Å². The Morgan fingerprint density at radius 2 is 1.94 bits per heavy atom. The second-order valence-corrected chi connectivity index (χ2v) is 8.16. The van der Waals surface area contributed by atoms with Crippen molar-refractivity contribution in [3.05, 3.63) is 91.2 Å². The third-order valence-electron chi connectivity index (χ3n) is 4.98. The van der Waals surface area contributed by atoms with Crippen molar-refractivity contribution in [3.63, 3.8) is 0 Å². The summed E-state index contributed by atoms with van der Waals surface area (Å²) < 4.78 is 5.07. The van der Waals surface area contributed by atoms with Gasteiger partial charge in [-0.05, 0) is 42.0 Å². The molecule has 2 amide bonds. The lowest BCUT2D eigenvalue weighted by molar-refractivity contribution is 0.0949. The lowest BCUT2D eigenvalue weighted by Gasteiger charge is -2.20. The molecule has 9 nitrogen and oxygen atoms in total. The number of carbonyl (C=O) groups is 2. The molecule has 4 rings (SSSR count). The number of H-pyrrole nitrogens is 1. The van der Waals surface area contributed by atoms with Crippen molar-refractivity contribution >= 4 is 52.7 Å². The topological polar surface area (TPSA) is 125 Å². The highest BCUT2D eigenvalue weighted by Gasteiger charge is 2.20. The van der Waals surface area contributed by atoms with Gasteiger partial charge in [0.25, 0.3) is 17.4 Å². The average molecular weight is 500 g/mol. The first-order valence-electron chi connectivity index (χ1n) is 10.1. The van der Waals surface area contributed by atoms with Crippen LogP contribution in [-0.2, 0) is 11.3 Å². The monoisotopic (exact) mass is 499 g/mol. The molecule has 0 aliphatic carbocycles. The van der Waals surface area contributed by atoms with Crippen molar-refractivity contribution in [3.8, 4) is 0 Å². The number of aromatic nitrogens is 1. The molecule has 1 aliphatic heterocycles. The van der Waals surface area contributed by atoms with Gasteiger partial charge in [0, 0.05) is 36.0 Å². The fraction of sp³-hybridized carbons (Fsp3) is 0.130. The number of carbonyl (C=O) groups excluding carboxylic acids is 2. The van der Waals surface area contributed by atoms with E-state index in [4.69, 9.17) is 27.9 Å². The summed E-state index contributed by atoms with van der Waals surface area (Å²) in [7, 11) is 1.47. The summed E-state index contributed by atoms with van der Waals surface area (Å²) >= 11 is 12.2. The minimum absolute atomic E-state index is 0.144. The molecule has 0 bridgehead atoms. The quantitative estimate of drug-likeness (QED) is 0.412. The number of methoxy groups -OCH3 is 1. The number of halogens is 2. The van der Waals surface area contributed by atoms with Crippen molar-refractivity contribution in [2.75, 3.05) is 17.7 Å². The molecule has 34 heavy (non-hydrogen) atoms. The van der Waals surface area contributed by atoms with E-state index in [0.717, 1.165) is 5.56 Å². The van der Waals surface area contributed by atoms with Crippen LogP contribution in [0.25, 0.3) is 0 Å². The van der Waals surface area contributed by atoms with E-state index in [-0.39, 0.29) is 34.3 Å². The zero-order valence-electron chi connectivity index (χ0n) is 17.8. The van der Waals surface area contributed by atoms with Crippen molar-refractivity contribution in [1.29, 1.82) is 0 Å². The van der Waals surface area contributed by atoms with Crippen molar-refractivity contribution in [2.24, 2.45) is 4.99 Å². The van der Waals surface area contributed by atoms with Crippen LogP contribution in [0.3, 0.4) is 0 Å². The number of rotatable bonds is 6. The summed E-state index contributed by atoms with van der Waals surface area (Å²) in [6, 6.07) is 13.0. The molecule has 2 aromatic carbocycles. The molecule has 1 aliphatic rings. The first-order valence-corrected chi connectivity index (χ1v) is 10.8. The normalized spacial score (nSPS) is 14.1. The van der Waals surface area contributed by atoms with Crippen LogP contribution < -0.4 is 21.5 Å². The minimum Gasteiger partial charge on any atom is -0.348 e. The van der Waals surface area contributed by atoms with E-state index in [0.29, 0.717) is 16.4 Å². The van der Waals surface area contributed by atoms with E-state index < -0.39 is 17.8 Å². The molecule has 1 unspecified atom stereocenters. The maximum atomic E-state index is 12.8. The van der Waals surface area contributed by atoms with Gasteiger partial charge in [0.2, 0.25) is 6.35 Å². The van der Waals surface area contributed by atoms with E-state index >= 15 is 0 Å². The highest BCUT2D eigenvalue weighted by atomic mass is 35.5. The standard InChI is InChI=1S/C23H19Cl2N5O4/c1-34-23-27-11-14-8-16(22(33)29-19(14)30-23)21(32)28-18-9-13(5-6-17(18)25)20(31)26-10-12-3-2-4-15(24)7-12/h2-9,11,23H,10H2,1H3,(H,26,31)(H,28,32)(H2,29,30,33). The Bertz CT molecular complexity index is 1360. The number of fused-ring (bicyclic) bond motifs is 1. The molecular formula is C23H19Cl2N5O4. The van der Waals surface area contributed by atoms with Gasteiger partial charge in [0.1, 0.15) is 11.4 Å². The largest absolute Gasteiger partial charge is 0.348 e. The number of nitrogens with zero attached hydrogens (tertiary/aromatic N) is 1. The van der Waals surface area contributed by atoms with Crippen LogP contribution in [0, 0.1) is 0 Å². The van der Waals surface area contributed by atoms with Gasteiger partial charge in [-0.3, -0.25) is 14.4 Å². The molecule has 11 heteroatoms. The number of hydrogen-bond donors (Lipinski definition) is 4. The lowest BCUT2D eigenvalue weighted by atomic mass is 10.1. The Hall–Kier alpha value is -3.66. The van der Waals surface area contributed by atoms with Crippen LogP contribution in [0.1, 0.15) is 31.8 Å². The van der Waals surface area contributed by atoms with Crippen LogP contribution in [0.4, 0.5) is 11.5 Å². The molecule has 0 radical (unpaired) electrons. The number of pyridine rings is 1. The molecule has 174 valence electrons. The Kier molecular flexibility index (Phi) is 6.97. The molecule has 1 aromatic heterocycles. The number of aliphatic imine (C=N–C) groups is 1. The molecule has 0 fully saturated rings. The summed E-state index contributed by atoms with van der Waals surface area (Å²) in [5.74, 6) is -0.668. The molecule has 4 N–H and O–H groups in total. The first-order chi connectivity index (χ1) is 16.3. The zero-order valence-corrected chi connectivity index (χ0v) is 19.3. The molecule has 1 atom stereocenters. The van der Waals surface area contributed by atoms with Gasteiger partial charge in [-0.15, -0.1) is 0 Å².